The molecule has 2 aromatic heterocycles. The van der Waals surface area contributed by atoms with Crippen LogP contribution in [-0.4, -0.2) is 26.0 Å². The number of aromatic carboxylic acids is 1. The second kappa shape index (κ2) is 6.30. The lowest BCUT2D eigenvalue weighted by Crippen LogP contribution is -2.08. The van der Waals surface area contributed by atoms with Crippen LogP contribution in [0.25, 0.3) is 0 Å². The number of carboxylic acids is 1. The highest BCUT2D eigenvalue weighted by Gasteiger charge is 2.10. The molecule has 6 nitrogen and oxygen atoms in total. The van der Waals surface area contributed by atoms with E-state index in [4.69, 9.17) is 5.11 Å². The highest BCUT2D eigenvalue weighted by atomic mass is 16.4. The summed E-state index contributed by atoms with van der Waals surface area (Å²) >= 11 is 0. The monoisotopic (exact) mass is 286 g/mol. The Bertz CT molecular complexity index is 656. The largest absolute Gasteiger partial charge is 0.478 e. The minimum absolute atomic E-state index is 0.158. The third kappa shape index (κ3) is 3.98. The first kappa shape index (κ1) is 14.9. The van der Waals surface area contributed by atoms with Crippen LogP contribution in [0.5, 0.6) is 0 Å². The zero-order valence-electron chi connectivity index (χ0n) is 12.3. The molecular formula is C15H18N4O2. The van der Waals surface area contributed by atoms with Crippen molar-refractivity contribution in [2.45, 2.75) is 33.2 Å². The van der Waals surface area contributed by atoms with Crippen LogP contribution in [0.3, 0.4) is 0 Å². The van der Waals surface area contributed by atoms with E-state index >= 15 is 0 Å². The molecule has 6 heteroatoms. The van der Waals surface area contributed by atoms with Gasteiger partial charge in [0.05, 0.1) is 17.8 Å². The van der Waals surface area contributed by atoms with Gasteiger partial charge in [-0.25, -0.2) is 19.7 Å². The number of rotatable bonds is 5. The number of aryl methyl sites for hydroxylation is 1. The fraction of sp³-hybridized carbons (Fsp3) is 0.333. The van der Waals surface area contributed by atoms with Gasteiger partial charge in [0.1, 0.15) is 11.6 Å². The summed E-state index contributed by atoms with van der Waals surface area (Å²) in [6, 6.07) is 4.94. The molecule has 0 aliphatic carbocycles. The van der Waals surface area contributed by atoms with Gasteiger partial charge < -0.3 is 10.4 Å². The minimum Gasteiger partial charge on any atom is -0.478 e. The molecule has 2 rings (SSSR count). The molecule has 0 aromatic carbocycles. The van der Waals surface area contributed by atoms with Gasteiger partial charge in [-0.2, -0.15) is 0 Å². The molecular weight excluding hydrogens is 268 g/mol. The highest BCUT2D eigenvalue weighted by molar-refractivity contribution is 5.88. The first-order valence-corrected chi connectivity index (χ1v) is 6.73. The van der Waals surface area contributed by atoms with E-state index in [1.54, 1.807) is 12.3 Å². The summed E-state index contributed by atoms with van der Waals surface area (Å²) < 4.78 is 0. The number of pyridine rings is 1. The van der Waals surface area contributed by atoms with Crippen molar-refractivity contribution in [1.82, 2.24) is 15.0 Å². The van der Waals surface area contributed by atoms with E-state index < -0.39 is 5.97 Å². The zero-order valence-corrected chi connectivity index (χ0v) is 12.3. The minimum atomic E-state index is -0.958. The van der Waals surface area contributed by atoms with E-state index in [2.05, 4.69) is 20.3 Å². The number of nitrogens with zero attached hydrogens (tertiary/aromatic N) is 3. The summed E-state index contributed by atoms with van der Waals surface area (Å²) in [4.78, 5) is 23.9. The summed E-state index contributed by atoms with van der Waals surface area (Å²) in [5.74, 6) is 0.436. The predicted octanol–water partition coefficient (Wildman–Crippen LogP) is 2.61. The molecule has 0 saturated heterocycles. The first-order chi connectivity index (χ1) is 9.95. The Balaban J connectivity index is 2.21. The van der Waals surface area contributed by atoms with Gasteiger partial charge in [-0.05, 0) is 31.0 Å². The van der Waals surface area contributed by atoms with Crippen molar-refractivity contribution in [2.24, 2.45) is 0 Å². The predicted molar refractivity (Wildman–Crippen MR) is 79.4 cm³/mol. The molecule has 0 amide bonds. The van der Waals surface area contributed by atoms with Gasteiger partial charge in [0.2, 0.25) is 0 Å². The summed E-state index contributed by atoms with van der Waals surface area (Å²) in [5, 5.41) is 12.3. The molecule has 110 valence electrons. The molecule has 0 atom stereocenters. The lowest BCUT2D eigenvalue weighted by molar-refractivity contribution is 0.0696. The average Bonchev–Trinajstić information content (AvgIpc) is 2.45. The highest BCUT2D eigenvalue weighted by Crippen LogP contribution is 2.18. The van der Waals surface area contributed by atoms with Crippen LogP contribution in [0, 0.1) is 6.92 Å². The first-order valence-electron chi connectivity index (χ1n) is 6.73. The summed E-state index contributed by atoms with van der Waals surface area (Å²) in [6.45, 7) is 6.25. The van der Waals surface area contributed by atoms with Crippen LogP contribution in [0.2, 0.25) is 0 Å². The van der Waals surface area contributed by atoms with E-state index in [1.807, 2.05) is 26.8 Å². The summed E-state index contributed by atoms with van der Waals surface area (Å²) in [7, 11) is 0. The molecule has 2 N–H and O–H groups in total. The van der Waals surface area contributed by atoms with Crippen molar-refractivity contribution >= 4 is 11.8 Å². The van der Waals surface area contributed by atoms with Crippen LogP contribution in [-0.2, 0) is 6.54 Å². The van der Waals surface area contributed by atoms with E-state index in [0.29, 0.717) is 18.2 Å². The van der Waals surface area contributed by atoms with Crippen LogP contribution in [0.1, 0.15) is 47.3 Å². The van der Waals surface area contributed by atoms with Gasteiger partial charge in [0, 0.05) is 11.9 Å². The van der Waals surface area contributed by atoms with Gasteiger partial charge in [-0.15, -0.1) is 0 Å². The van der Waals surface area contributed by atoms with Crippen molar-refractivity contribution in [3.05, 3.63) is 47.2 Å². The molecule has 0 bridgehead atoms. The molecule has 2 heterocycles. The summed E-state index contributed by atoms with van der Waals surface area (Å²) in [6.07, 6.45) is 1.69. The van der Waals surface area contributed by atoms with Crippen molar-refractivity contribution in [3.8, 4) is 0 Å². The van der Waals surface area contributed by atoms with Gasteiger partial charge in [0.15, 0.2) is 0 Å². The van der Waals surface area contributed by atoms with Crippen molar-refractivity contribution in [3.63, 3.8) is 0 Å². The lowest BCUT2D eigenvalue weighted by atomic mass is 10.1. The van der Waals surface area contributed by atoms with E-state index in [9.17, 15) is 4.79 Å². The maximum Gasteiger partial charge on any atom is 0.335 e. The SMILES string of the molecule is Cc1nccc(CNc2cc(C(=O)O)cc(C(C)C)n2)n1. The smallest absolute Gasteiger partial charge is 0.335 e. The molecule has 0 radical (unpaired) electrons. The van der Waals surface area contributed by atoms with Crippen molar-refractivity contribution in [2.75, 3.05) is 5.32 Å². The third-order valence-electron chi connectivity index (χ3n) is 2.97. The van der Waals surface area contributed by atoms with Crippen molar-refractivity contribution < 1.29 is 9.90 Å². The number of carbonyl (C=O) groups is 1. The van der Waals surface area contributed by atoms with Crippen LogP contribution in [0.4, 0.5) is 5.82 Å². The van der Waals surface area contributed by atoms with E-state index in [-0.39, 0.29) is 11.5 Å². The number of hydrogen-bond donors (Lipinski definition) is 2. The quantitative estimate of drug-likeness (QED) is 0.878. The average molecular weight is 286 g/mol. The normalized spacial score (nSPS) is 10.7. The molecule has 2 aromatic rings. The Morgan fingerprint density at radius 2 is 2.10 bits per heavy atom. The maximum absolute atomic E-state index is 11.2. The Kier molecular flexibility index (Phi) is 4.47. The molecule has 0 saturated carbocycles. The fourth-order valence-electron chi connectivity index (χ4n) is 1.85. The third-order valence-corrected chi connectivity index (χ3v) is 2.97. The van der Waals surface area contributed by atoms with Crippen molar-refractivity contribution in [1.29, 1.82) is 0 Å². The van der Waals surface area contributed by atoms with Crippen LogP contribution >= 0.6 is 0 Å². The molecule has 0 aliphatic heterocycles. The number of hydrogen-bond acceptors (Lipinski definition) is 5. The molecule has 0 unspecified atom stereocenters. The molecule has 0 aliphatic rings. The number of anilines is 1. The number of aromatic nitrogens is 3. The van der Waals surface area contributed by atoms with E-state index in [1.165, 1.54) is 6.07 Å². The standard InChI is InChI=1S/C15H18N4O2/c1-9(2)13-6-11(15(20)21)7-14(19-13)17-8-12-4-5-16-10(3)18-12/h4-7,9H,8H2,1-3H3,(H,17,19)(H,20,21). The van der Waals surface area contributed by atoms with Gasteiger partial charge >= 0.3 is 5.97 Å². The topological polar surface area (TPSA) is 88.0 Å². The van der Waals surface area contributed by atoms with Gasteiger partial charge in [0.25, 0.3) is 0 Å². The van der Waals surface area contributed by atoms with E-state index in [0.717, 1.165) is 11.4 Å². The molecule has 0 fully saturated rings. The van der Waals surface area contributed by atoms with Gasteiger partial charge in [-0.1, -0.05) is 13.8 Å². The van der Waals surface area contributed by atoms with Crippen LogP contribution < -0.4 is 5.32 Å². The Hall–Kier alpha value is -2.50. The lowest BCUT2D eigenvalue weighted by Gasteiger charge is -2.11. The zero-order chi connectivity index (χ0) is 15.4. The number of nitrogens with one attached hydrogen (secondary N) is 1. The second-order valence-electron chi connectivity index (χ2n) is 5.07. The van der Waals surface area contributed by atoms with Gasteiger partial charge in [-0.3, -0.25) is 0 Å². The summed E-state index contributed by atoms with van der Waals surface area (Å²) in [5.41, 5.74) is 1.81. The Morgan fingerprint density at radius 1 is 1.33 bits per heavy atom. The molecule has 0 spiro atoms. The number of carboxylic acid groups (broad SMARTS) is 1. The Labute approximate surface area is 123 Å². The fourth-order valence-corrected chi connectivity index (χ4v) is 1.85. The van der Waals surface area contributed by atoms with Crippen LogP contribution in [0.15, 0.2) is 24.4 Å². The Morgan fingerprint density at radius 3 is 2.71 bits per heavy atom. The maximum atomic E-state index is 11.2. The second-order valence-corrected chi connectivity index (χ2v) is 5.07. The molecule has 21 heavy (non-hydrogen) atoms.